The standard InChI is InChI=1S/C22H23Cl2N3O6/c1-3-32-19-10-14(4-7-18(19)33-13-21(29)31-2)12-26-27-20(28)8-9-25-22(30)15-5-6-16(23)17(24)11-15/h4-7,10-12H,3,8-9,13H2,1-2H3,(H,25,30)(H,27,28). The van der Waals surface area contributed by atoms with E-state index in [0.29, 0.717) is 34.3 Å². The second-order valence-corrected chi connectivity index (χ2v) is 7.25. The minimum absolute atomic E-state index is 0.0227. The molecule has 2 rings (SSSR count). The van der Waals surface area contributed by atoms with E-state index in [9.17, 15) is 14.4 Å². The summed E-state index contributed by atoms with van der Waals surface area (Å²) in [5.74, 6) is -0.478. The average molecular weight is 496 g/mol. The van der Waals surface area contributed by atoms with Gasteiger partial charge in [0.1, 0.15) is 0 Å². The third-order valence-electron chi connectivity index (χ3n) is 4.06. The third kappa shape index (κ3) is 8.63. The van der Waals surface area contributed by atoms with Crippen molar-refractivity contribution in [1.29, 1.82) is 0 Å². The van der Waals surface area contributed by atoms with Crippen molar-refractivity contribution in [3.05, 3.63) is 57.6 Å². The van der Waals surface area contributed by atoms with Crippen LogP contribution in [0.5, 0.6) is 11.5 Å². The normalized spacial score (nSPS) is 10.5. The number of halogens is 2. The summed E-state index contributed by atoms with van der Waals surface area (Å²) in [4.78, 5) is 35.3. The number of hydrogen-bond donors (Lipinski definition) is 2. The van der Waals surface area contributed by atoms with Crippen LogP contribution in [0.2, 0.25) is 10.0 Å². The highest BCUT2D eigenvalue weighted by Crippen LogP contribution is 2.28. The van der Waals surface area contributed by atoms with Crippen molar-refractivity contribution < 1.29 is 28.6 Å². The van der Waals surface area contributed by atoms with Gasteiger partial charge in [-0.05, 0) is 48.9 Å². The van der Waals surface area contributed by atoms with Crippen LogP contribution in [-0.2, 0) is 14.3 Å². The van der Waals surface area contributed by atoms with Gasteiger partial charge in [-0.25, -0.2) is 10.2 Å². The zero-order valence-corrected chi connectivity index (χ0v) is 19.5. The molecule has 2 N–H and O–H groups in total. The van der Waals surface area contributed by atoms with Gasteiger partial charge >= 0.3 is 5.97 Å². The van der Waals surface area contributed by atoms with Crippen LogP contribution in [0.15, 0.2) is 41.5 Å². The lowest BCUT2D eigenvalue weighted by atomic mass is 10.2. The molecule has 2 amide bonds. The maximum atomic E-state index is 12.1. The minimum Gasteiger partial charge on any atom is -0.490 e. The monoisotopic (exact) mass is 495 g/mol. The van der Waals surface area contributed by atoms with Gasteiger partial charge in [-0.3, -0.25) is 9.59 Å². The first kappa shape index (κ1) is 26.0. The first-order valence-corrected chi connectivity index (χ1v) is 10.6. The summed E-state index contributed by atoms with van der Waals surface area (Å²) in [6.07, 6.45) is 1.45. The zero-order valence-electron chi connectivity index (χ0n) is 18.0. The van der Waals surface area contributed by atoms with Crippen LogP contribution in [0.1, 0.15) is 29.3 Å². The minimum atomic E-state index is -0.515. The van der Waals surface area contributed by atoms with Crippen LogP contribution < -0.4 is 20.2 Å². The maximum absolute atomic E-state index is 12.1. The summed E-state index contributed by atoms with van der Waals surface area (Å²) < 4.78 is 15.4. The van der Waals surface area contributed by atoms with Gasteiger partial charge in [0.2, 0.25) is 5.91 Å². The van der Waals surface area contributed by atoms with Gasteiger partial charge in [0, 0.05) is 18.5 Å². The molecule has 0 aromatic heterocycles. The highest BCUT2D eigenvalue weighted by Gasteiger charge is 2.10. The molecule has 0 radical (unpaired) electrons. The van der Waals surface area contributed by atoms with Crippen molar-refractivity contribution >= 4 is 47.2 Å². The van der Waals surface area contributed by atoms with Crippen molar-refractivity contribution in [3.63, 3.8) is 0 Å². The van der Waals surface area contributed by atoms with Gasteiger partial charge in [-0.15, -0.1) is 0 Å². The van der Waals surface area contributed by atoms with Crippen molar-refractivity contribution in [2.75, 3.05) is 26.9 Å². The van der Waals surface area contributed by atoms with E-state index in [1.807, 2.05) is 6.92 Å². The third-order valence-corrected chi connectivity index (χ3v) is 4.80. The predicted octanol–water partition coefficient (Wildman–Crippen LogP) is 3.21. The summed E-state index contributed by atoms with van der Waals surface area (Å²) in [6.45, 7) is 2.06. The fourth-order valence-corrected chi connectivity index (χ4v) is 2.75. The summed E-state index contributed by atoms with van der Waals surface area (Å²) in [7, 11) is 1.27. The van der Waals surface area contributed by atoms with Crippen molar-refractivity contribution in [3.8, 4) is 11.5 Å². The molecule has 0 aliphatic heterocycles. The fraction of sp³-hybridized carbons (Fsp3) is 0.273. The van der Waals surface area contributed by atoms with Gasteiger partial charge in [0.15, 0.2) is 18.1 Å². The second kappa shape index (κ2) is 13.3. The zero-order chi connectivity index (χ0) is 24.2. The number of rotatable bonds is 11. The number of nitrogens with zero attached hydrogens (tertiary/aromatic N) is 1. The Labute approximate surface area is 201 Å². The van der Waals surface area contributed by atoms with E-state index in [-0.39, 0.29) is 36.4 Å². The van der Waals surface area contributed by atoms with Crippen LogP contribution in [0.4, 0.5) is 0 Å². The molecule has 0 aliphatic carbocycles. The number of hydrazone groups is 1. The summed E-state index contributed by atoms with van der Waals surface area (Å²) in [5.41, 5.74) is 3.36. The average Bonchev–Trinajstić information content (AvgIpc) is 2.80. The maximum Gasteiger partial charge on any atom is 0.343 e. The van der Waals surface area contributed by atoms with Gasteiger partial charge in [0.25, 0.3) is 5.91 Å². The molecule has 0 fully saturated rings. The summed E-state index contributed by atoms with van der Waals surface area (Å²) >= 11 is 11.7. The smallest absolute Gasteiger partial charge is 0.343 e. The topological polar surface area (TPSA) is 115 Å². The fourth-order valence-electron chi connectivity index (χ4n) is 2.45. The Bertz CT molecular complexity index is 1030. The molecule has 11 heteroatoms. The summed E-state index contributed by atoms with van der Waals surface area (Å²) in [6, 6.07) is 9.47. The van der Waals surface area contributed by atoms with Gasteiger partial charge < -0.3 is 19.5 Å². The number of amides is 2. The van der Waals surface area contributed by atoms with Crippen molar-refractivity contribution in [2.45, 2.75) is 13.3 Å². The van der Waals surface area contributed by atoms with Crippen LogP contribution in [0.25, 0.3) is 0 Å². The van der Waals surface area contributed by atoms with Gasteiger partial charge in [-0.1, -0.05) is 23.2 Å². The molecule has 0 atom stereocenters. The lowest BCUT2D eigenvalue weighted by Crippen LogP contribution is -2.29. The molecule has 0 saturated carbocycles. The molecule has 0 aliphatic rings. The van der Waals surface area contributed by atoms with Crippen LogP contribution >= 0.6 is 23.2 Å². The number of ether oxygens (including phenoxy) is 3. The Kier molecular flexibility index (Phi) is 10.5. The predicted molar refractivity (Wildman–Crippen MR) is 124 cm³/mol. The Morgan fingerprint density at radius 1 is 1.03 bits per heavy atom. The highest BCUT2D eigenvalue weighted by molar-refractivity contribution is 6.42. The van der Waals surface area contributed by atoms with E-state index in [4.69, 9.17) is 32.7 Å². The number of nitrogens with one attached hydrogen (secondary N) is 2. The van der Waals surface area contributed by atoms with Crippen molar-refractivity contribution in [1.82, 2.24) is 10.7 Å². The number of hydrogen-bond acceptors (Lipinski definition) is 7. The molecule has 0 spiro atoms. The lowest BCUT2D eigenvalue weighted by molar-refractivity contribution is -0.142. The molecule has 0 unspecified atom stereocenters. The lowest BCUT2D eigenvalue weighted by Gasteiger charge is -2.11. The first-order chi connectivity index (χ1) is 15.8. The molecule has 2 aromatic rings. The number of esters is 1. The molecule has 0 bridgehead atoms. The molecule has 33 heavy (non-hydrogen) atoms. The van der Waals surface area contributed by atoms with Crippen LogP contribution in [-0.4, -0.2) is 50.9 Å². The van der Waals surface area contributed by atoms with E-state index in [0.717, 1.165) is 0 Å². The molecule has 9 nitrogen and oxygen atoms in total. The Balaban J connectivity index is 1.83. The molecule has 176 valence electrons. The Hall–Kier alpha value is -3.30. The van der Waals surface area contributed by atoms with E-state index >= 15 is 0 Å². The number of carbonyl (C=O) groups excluding carboxylic acids is 3. The van der Waals surface area contributed by atoms with E-state index < -0.39 is 5.97 Å². The number of methoxy groups -OCH3 is 1. The van der Waals surface area contributed by atoms with E-state index in [1.54, 1.807) is 18.2 Å². The molecular formula is C22H23Cl2N3O6. The first-order valence-electron chi connectivity index (χ1n) is 9.85. The largest absolute Gasteiger partial charge is 0.490 e. The number of benzene rings is 2. The SMILES string of the molecule is CCOc1cc(C=NNC(=O)CCNC(=O)c2ccc(Cl)c(Cl)c2)ccc1OCC(=O)OC. The molecular weight excluding hydrogens is 473 g/mol. The highest BCUT2D eigenvalue weighted by atomic mass is 35.5. The molecule has 0 saturated heterocycles. The van der Waals surface area contributed by atoms with Crippen LogP contribution in [0.3, 0.4) is 0 Å². The van der Waals surface area contributed by atoms with Crippen LogP contribution in [0, 0.1) is 0 Å². The Morgan fingerprint density at radius 2 is 1.82 bits per heavy atom. The van der Waals surface area contributed by atoms with Gasteiger partial charge in [0.05, 0.1) is 30.0 Å². The second-order valence-electron chi connectivity index (χ2n) is 6.43. The summed E-state index contributed by atoms with van der Waals surface area (Å²) in [5, 5.41) is 7.14. The van der Waals surface area contributed by atoms with Gasteiger partial charge in [-0.2, -0.15) is 5.10 Å². The van der Waals surface area contributed by atoms with E-state index in [1.165, 1.54) is 31.5 Å². The quantitative estimate of drug-likeness (QED) is 0.281. The molecule has 0 heterocycles. The molecule has 2 aromatic carbocycles. The number of carbonyl (C=O) groups is 3. The van der Waals surface area contributed by atoms with Crippen molar-refractivity contribution in [2.24, 2.45) is 5.10 Å². The Morgan fingerprint density at radius 3 is 2.52 bits per heavy atom. The van der Waals surface area contributed by atoms with E-state index in [2.05, 4.69) is 20.6 Å².